The fourth-order valence-corrected chi connectivity index (χ4v) is 3.06. The van der Waals surface area contributed by atoms with Gasteiger partial charge in [0.2, 0.25) is 0 Å². The van der Waals surface area contributed by atoms with Crippen molar-refractivity contribution in [1.82, 2.24) is 5.43 Å². The van der Waals surface area contributed by atoms with Crippen LogP contribution >= 0.6 is 23.2 Å². The Kier molecular flexibility index (Phi) is 7.77. The zero-order chi connectivity index (χ0) is 14.3. The van der Waals surface area contributed by atoms with Gasteiger partial charge in [-0.25, -0.2) is 0 Å². The van der Waals surface area contributed by atoms with Crippen LogP contribution in [0.3, 0.4) is 0 Å². The number of hydrazine groups is 1. The Balaban J connectivity index is 2.78. The van der Waals surface area contributed by atoms with E-state index < -0.39 is 0 Å². The minimum absolute atomic E-state index is 0.263. The molecule has 4 heteroatoms. The minimum Gasteiger partial charge on any atom is -0.271 e. The molecule has 0 radical (unpaired) electrons. The van der Waals surface area contributed by atoms with Crippen LogP contribution in [0.1, 0.15) is 45.1 Å². The predicted molar refractivity (Wildman–Crippen MR) is 84.6 cm³/mol. The molecular weight excluding hydrogens is 279 g/mol. The van der Waals surface area contributed by atoms with Crippen molar-refractivity contribution in [3.63, 3.8) is 0 Å². The van der Waals surface area contributed by atoms with Crippen molar-refractivity contribution in [3.05, 3.63) is 33.8 Å². The van der Waals surface area contributed by atoms with E-state index in [9.17, 15) is 0 Å². The van der Waals surface area contributed by atoms with Gasteiger partial charge in [0.25, 0.3) is 0 Å². The second-order valence-electron chi connectivity index (χ2n) is 5.05. The van der Waals surface area contributed by atoms with E-state index in [1.807, 2.05) is 12.1 Å². The smallest absolute Gasteiger partial charge is 0.0453 e. The average Bonchev–Trinajstić information content (AvgIpc) is 2.38. The molecule has 0 bridgehead atoms. The van der Waals surface area contributed by atoms with Crippen LogP contribution in [0.15, 0.2) is 18.2 Å². The van der Waals surface area contributed by atoms with Gasteiger partial charge in [-0.3, -0.25) is 11.3 Å². The van der Waals surface area contributed by atoms with Crippen molar-refractivity contribution in [2.24, 2.45) is 11.8 Å². The quantitative estimate of drug-likeness (QED) is 0.545. The van der Waals surface area contributed by atoms with Crippen molar-refractivity contribution in [2.75, 3.05) is 0 Å². The molecule has 0 amide bonds. The largest absolute Gasteiger partial charge is 0.271 e. The summed E-state index contributed by atoms with van der Waals surface area (Å²) in [5, 5.41) is 1.39. The lowest BCUT2D eigenvalue weighted by atomic mass is 9.87. The van der Waals surface area contributed by atoms with Crippen LogP contribution in [-0.2, 0) is 6.42 Å². The van der Waals surface area contributed by atoms with Crippen molar-refractivity contribution >= 4 is 23.2 Å². The Hall–Kier alpha value is -0.280. The molecular formula is C15H24Cl2N2. The van der Waals surface area contributed by atoms with Crippen LogP contribution in [0.4, 0.5) is 0 Å². The molecule has 1 aromatic rings. The van der Waals surface area contributed by atoms with Crippen molar-refractivity contribution in [2.45, 2.75) is 52.0 Å². The molecule has 0 saturated heterocycles. The normalized spacial score (nSPS) is 12.9. The van der Waals surface area contributed by atoms with Crippen LogP contribution in [0.5, 0.6) is 0 Å². The van der Waals surface area contributed by atoms with Gasteiger partial charge in [-0.05, 0) is 42.9 Å². The summed E-state index contributed by atoms with van der Waals surface area (Å²) in [5.41, 5.74) is 4.07. The minimum atomic E-state index is 0.263. The molecule has 0 aliphatic carbocycles. The number of hydrogen-bond acceptors (Lipinski definition) is 2. The number of benzene rings is 1. The average molecular weight is 303 g/mol. The van der Waals surface area contributed by atoms with Gasteiger partial charge in [0.15, 0.2) is 0 Å². The van der Waals surface area contributed by atoms with Crippen LogP contribution in [0, 0.1) is 5.92 Å². The van der Waals surface area contributed by atoms with Gasteiger partial charge < -0.3 is 0 Å². The second kappa shape index (κ2) is 8.80. The maximum absolute atomic E-state index is 6.24. The predicted octanol–water partition coefficient (Wildman–Crippen LogP) is 4.58. The zero-order valence-corrected chi connectivity index (χ0v) is 13.3. The summed E-state index contributed by atoms with van der Waals surface area (Å²) in [4.78, 5) is 0. The van der Waals surface area contributed by atoms with Crippen LogP contribution in [-0.4, -0.2) is 6.04 Å². The summed E-state index contributed by atoms with van der Waals surface area (Å²) in [6, 6.07) is 5.92. The molecule has 0 saturated carbocycles. The molecule has 1 unspecified atom stereocenters. The summed E-state index contributed by atoms with van der Waals surface area (Å²) >= 11 is 12.2. The van der Waals surface area contributed by atoms with Crippen molar-refractivity contribution in [1.29, 1.82) is 0 Å². The SMILES string of the molecule is CCCC(CCC)C(Cc1ccc(Cl)cc1Cl)NN. The molecule has 108 valence electrons. The Labute approximate surface area is 126 Å². The van der Waals surface area contributed by atoms with Gasteiger partial charge in [0.05, 0.1) is 0 Å². The van der Waals surface area contributed by atoms with Crippen molar-refractivity contribution < 1.29 is 0 Å². The highest BCUT2D eigenvalue weighted by atomic mass is 35.5. The molecule has 0 heterocycles. The van der Waals surface area contributed by atoms with Crippen LogP contribution in [0.2, 0.25) is 10.0 Å². The van der Waals surface area contributed by atoms with Gasteiger partial charge in [-0.1, -0.05) is 56.0 Å². The Bertz CT molecular complexity index is 376. The van der Waals surface area contributed by atoms with E-state index in [1.54, 1.807) is 6.07 Å². The lowest BCUT2D eigenvalue weighted by molar-refractivity contribution is 0.311. The Morgan fingerprint density at radius 2 is 1.79 bits per heavy atom. The first kappa shape index (κ1) is 16.8. The summed E-state index contributed by atoms with van der Waals surface area (Å²) in [6.07, 6.45) is 5.58. The summed E-state index contributed by atoms with van der Waals surface area (Å²) < 4.78 is 0. The molecule has 1 atom stereocenters. The molecule has 2 nitrogen and oxygen atoms in total. The van der Waals surface area contributed by atoms with Crippen LogP contribution < -0.4 is 11.3 Å². The van der Waals surface area contributed by atoms with E-state index >= 15 is 0 Å². The third kappa shape index (κ3) is 5.31. The number of hydrogen-bond donors (Lipinski definition) is 2. The third-order valence-corrected chi connectivity index (χ3v) is 4.14. The Morgan fingerprint density at radius 1 is 1.16 bits per heavy atom. The van der Waals surface area contributed by atoms with Gasteiger partial charge in [-0.15, -0.1) is 0 Å². The van der Waals surface area contributed by atoms with Gasteiger partial charge in [-0.2, -0.15) is 0 Å². The van der Waals surface area contributed by atoms with E-state index in [1.165, 1.54) is 25.7 Å². The fourth-order valence-electron chi connectivity index (χ4n) is 2.57. The first-order valence-corrected chi connectivity index (χ1v) is 7.78. The maximum Gasteiger partial charge on any atom is 0.0453 e. The maximum atomic E-state index is 6.24. The number of halogens is 2. The zero-order valence-electron chi connectivity index (χ0n) is 11.8. The van der Waals surface area contributed by atoms with E-state index in [4.69, 9.17) is 29.0 Å². The summed E-state index contributed by atoms with van der Waals surface area (Å²) in [6.45, 7) is 4.43. The van der Waals surface area contributed by atoms with E-state index in [2.05, 4.69) is 19.3 Å². The highest BCUT2D eigenvalue weighted by molar-refractivity contribution is 6.35. The molecule has 0 aromatic heterocycles. The highest BCUT2D eigenvalue weighted by Crippen LogP contribution is 2.26. The van der Waals surface area contributed by atoms with Gasteiger partial charge in [0.1, 0.15) is 0 Å². The molecule has 1 rings (SSSR count). The van der Waals surface area contributed by atoms with E-state index in [-0.39, 0.29) is 6.04 Å². The molecule has 0 spiro atoms. The van der Waals surface area contributed by atoms with E-state index in [0.717, 1.165) is 17.0 Å². The lowest BCUT2D eigenvalue weighted by Gasteiger charge is -2.26. The van der Waals surface area contributed by atoms with Gasteiger partial charge >= 0.3 is 0 Å². The monoisotopic (exact) mass is 302 g/mol. The first-order chi connectivity index (χ1) is 9.12. The molecule has 19 heavy (non-hydrogen) atoms. The second-order valence-corrected chi connectivity index (χ2v) is 5.89. The third-order valence-electron chi connectivity index (χ3n) is 3.56. The number of nitrogens with one attached hydrogen (secondary N) is 1. The standard InChI is InChI=1S/C15H24Cl2N2/c1-3-5-11(6-4-2)15(19-18)9-12-7-8-13(16)10-14(12)17/h7-8,10-11,15,19H,3-6,9,18H2,1-2H3. The van der Waals surface area contributed by atoms with E-state index in [0.29, 0.717) is 10.9 Å². The fraction of sp³-hybridized carbons (Fsp3) is 0.600. The first-order valence-electron chi connectivity index (χ1n) is 7.02. The van der Waals surface area contributed by atoms with Crippen molar-refractivity contribution in [3.8, 4) is 0 Å². The molecule has 3 N–H and O–H groups in total. The number of nitrogens with two attached hydrogens (primary N) is 1. The number of rotatable bonds is 8. The van der Waals surface area contributed by atoms with Gasteiger partial charge in [0, 0.05) is 16.1 Å². The molecule has 0 aliphatic heterocycles. The van der Waals surface area contributed by atoms with Crippen LogP contribution in [0.25, 0.3) is 0 Å². The highest BCUT2D eigenvalue weighted by Gasteiger charge is 2.20. The molecule has 0 fully saturated rings. The summed E-state index contributed by atoms with van der Waals surface area (Å²) in [7, 11) is 0. The summed E-state index contributed by atoms with van der Waals surface area (Å²) in [5.74, 6) is 6.33. The lowest BCUT2D eigenvalue weighted by Crippen LogP contribution is -2.42. The Morgan fingerprint density at radius 3 is 2.26 bits per heavy atom. The molecule has 0 aliphatic rings. The topological polar surface area (TPSA) is 38.0 Å². The molecule has 1 aromatic carbocycles.